The SMILES string of the molecule is CCOC(Cc1ccc(C2CN(C)c3ccccc3O2)cc1OC)C(=O)OC. The molecule has 6 heteroatoms. The lowest BCUT2D eigenvalue weighted by molar-refractivity contribution is -0.153. The van der Waals surface area contributed by atoms with Gasteiger partial charge in [0, 0.05) is 20.1 Å². The van der Waals surface area contributed by atoms with Gasteiger partial charge >= 0.3 is 5.97 Å². The van der Waals surface area contributed by atoms with Gasteiger partial charge in [0.1, 0.15) is 17.6 Å². The summed E-state index contributed by atoms with van der Waals surface area (Å²) >= 11 is 0. The number of fused-ring (bicyclic) bond motifs is 1. The second-order valence-electron chi connectivity index (χ2n) is 6.70. The zero-order valence-electron chi connectivity index (χ0n) is 16.8. The molecule has 6 nitrogen and oxygen atoms in total. The molecule has 0 amide bonds. The van der Waals surface area contributed by atoms with E-state index in [1.54, 1.807) is 7.11 Å². The summed E-state index contributed by atoms with van der Waals surface area (Å²) in [6.07, 6.45) is -0.372. The van der Waals surface area contributed by atoms with Crippen molar-refractivity contribution >= 4 is 11.7 Å². The van der Waals surface area contributed by atoms with Crippen molar-refractivity contribution < 1.29 is 23.7 Å². The van der Waals surface area contributed by atoms with Crippen molar-refractivity contribution in [3.63, 3.8) is 0 Å². The van der Waals surface area contributed by atoms with E-state index in [0.717, 1.165) is 29.1 Å². The fraction of sp³-hybridized carbons (Fsp3) is 0.409. The Balaban J connectivity index is 1.83. The predicted molar refractivity (Wildman–Crippen MR) is 107 cm³/mol. The average molecular weight is 385 g/mol. The molecule has 0 saturated heterocycles. The molecule has 0 spiro atoms. The molecule has 2 unspecified atom stereocenters. The maximum atomic E-state index is 12.0. The van der Waals surface area contributed by atoms with E-state index in [9.17, 15) is 4.79 Å². The fourth-order valence-electron chi connectivity index (χ4n) is 3.46. The highest BCUT2D eigenvalue weighted by Crippen LogP contribution is 2.38. The summed E-state index contributed by atoms with van der Waals surface area (Å²) in [6, 6.07) is 14.0. The van der Waals surface area contributed by atoms with Crippen LogP contribution in [0.25, 0.3) is 0 Å². The number of hydrogen-bond donors (Lipinski definition) is 0. The maximum absolute atomic E-state index is 12.0. The second-order valence-corrected chi connectivity index (χ2v) is 6.70. The van der Waals surface area contributed by atoms with Crippen LogP contribution >= 0.6 is 0 Å². The number of likely N-dealkylation sites (N-methyl/N-ethyl adjacent to an activating group) is 1. The van der Waals surface area contributed by atoms with Gasteiger partial charge in [0.25, 0.3) is 0 Å². The molecule has 0 saturated carbocycles. The number of esters is 1. The molecular weight excluding hydrogens is 358 g/mol. The Morgan fingerprint density at radius 1 is 1.25 bits per heavy atom. The van der Waals surface area contributed by atoms with Crippen LogP contribution in [0.3, 0.4) is 0 Å². The van der Waals surface area contributed by atoms with Crippen molar-refractivity contribution in [2.24, 2.45) is 0 Å². The number of benzene rings is 2. The highest BCUT2D eigenvalue weighted by Gasteiger charge is 2.26. The Bertz CT molecular complexity index is 822. The van der Waals surface area contributed by atoms with Gasteiger partial charge in [0.05, 0.1) is 26.5 Å². The Labute approximate surface area is 166 Å². The van der Waals surface area contributed by atoms with Gasteiger partial charge in [-0.05, 0) is 36.2 Å². The molecule has 0 N–H and O–H groups in total. The third-order valence-electron chi connectivity index (χ3n) is 4.91. The quantitative estimate of drug-likeness (QED) is 0.681. The molecule has 1 aliphatic rings. The molecule has 0 aliphatic carbocycles. The lowest BCUT2D eigenvalue weighted by Crippen LogP contribution is -2.32. The normalized spacial score (nSPS) is 16.7. The predicted octanol–water partition coefficient (Wildman–Crippen LogP) is 3.39. The number of para-hydroxylation sites is 2. The number of carbonyl (C=O) groups excluding carboxylic acids is 1. The molecule has 0 fully saturated rings. The van der Waals surface area contributed by atoms with Gasteiger partial charge in [-0.25, -0.2) is 4.79 Å². The summed E-state index contributed by atoms with van der Waals surface area (Å²) in [5.74, 6) is 1.18. The number of nitrogens with zero attached hydrogens (tertiary/aromatic N) is 1. The number of anilines is 1. The molecule has 0 radical (unpaired) electrons. The second kappa shape index (κ2) is 8.97. The minimum Gasteiger partial charge on any atom is -0.496 e. The van der Waals surface area contributed by atoms with Gasteiger partial charge < -0.3 is 23.8 Å². The molecule has 150 valence electrons. The summed E-state index contributed by atoms with van der Waals surface area (Å²) in [4.78, 5) is 14.1. The Kier molecular flexibility index (Phi) is 6.41. The largest absolute Gasteiger partial charge is 0.496 e. The zero-order chi connectivity index (χ0) is 20.1. The van der Waals surface area contributed by atoms with Gasteiger partial charge in [-0.1, -0.05) is 24.3 Å². The van der Waals surface area contributed by atoms with Crippen molar-refractivity contribution in [2.75, 3.05) is 39.3 Å². The van der Waals surface area contributed by atoms with Gasteiger partial charge in [-0.3, -0.25) is 0 Å². The summed E-state index contributed by atoms with van der Waals surface area (Å²) in [5, 5.41) is 0. The van der Waals surface area contributed by atoms with Gasteiger partial charge in [-0.2, -0.15) is 0 Å². The highest BCUT2D eigenvalue weighted by atomic mass is 16.6. The summed E-state index contributed by atoms with van der Waals surface area (Å²) < 4.78 is 22.2. The van der Waals surface area contributed by atoms with E-state index in [1.165, 1.54) is 7.11 Å². The molecular formula is C22H27NO5. The van der Waals surface area contributed by atoms with Crippen LogP contribution in [0.1, 0.15) is 24.2 Å². The first-order chi connectivity index (χ1) is 13.6. The summed E-state index contributed by atoms with van der Waals surface area (Å²) in [6.45, 7) is 3.02. The highest BCUT2D eigenvalue weighted by molar-refractivity contribution is 5.75. The van der Waals surface area contributed by atoms with E-state index in [1.807, 2.05) is 43.3 Å². The van der Waals surface area contributed by atoms with Crippen molar-refractivity contribution in [3.8, 4) is 11.5 Å². The van der Waals surface area contributed by atoms with Gasteiger partial charge in [0.15, 0.2) is 6.10 Å². The number of rotatable bonds is 7. The Hall–Kier alpha value is -2.73. The van der Waals surface area contributed by atoms with Crippen LogP contribution in [0.5, 0.6) is 11.5 Å². The van der Waals surface area contributed by atoms with Crippen LogP contribution in [0.2, 0.25) is 0 Å². The first kappa shape index (κ1) is 20.0. The van der Waals surface area contributed by atoms with Crippen LogP contribution in [0.4, 0.5) is 5.69 Å². The van der Waals surface area contributed by atoms with Crippen molar-refractivity contribution in [1.29, 1.82) is 0 Å². The molecule has 0 bridgehead atoms. The molecule has 0 aromatic heterocycles. The number of methoxy groups -OCH3 is 2. The molecule has 3 rings (SSSR count). The van der Waals surface area contributed by atoms with Crippen LogP contribution in [-0.2, 0) is 20.7 Å². The molecule has 2 aromatic rings. The van der Waals surface area contributed by atoms with Gasteiger partial charge in [-0.15, -0.1) is 0 Å². The maximum Gasteiger partial charge on any atom is 0.335 e. The smallest absolute Gasteiger partial charge is 0.335 e. The lowest BCUT2D eigenvalue weighted by Gasteiger charge is -2.34. The minimum absolute atomic E-state index is 0.105. The van der Waals surface area contributed by atoms with E-state index < -0.39 is 6.10 Å². The minimum atomic E-state index is -0.654. The standard InChI is InChI=1S/C22H27NO5/c1-5-27-20(22(24)26-4)13-15-10-11-16(12-19(15)25-3)21-14-23(2)17-8-6-7-9-18(17)28-21/h6-12,20-21H,5,13-14H2,1-4H3. The molecule has 1 aliphatic heterocycles. The summed E-state index contributed by atoms with van der Waals surface area (Å²) in [5.41, 5.74) is 2.99. The molecule has 2 aromatic carbocycles. The van der Waals surface area contributed by atoms with E-state index in [-0.39, 0.29) is 12.1 Å². The summed E-state index contributed by atoms with van der Waals surface area (Å²) in [7, 11) is 5.05. The van der Waals surface area contributed by atoms with E-state index in [2.05, 4.69) is 18.0 Å². The van der Waals surface area contributed by atoms with Crippen LogP contribution < -0.4 is 14.4 Å². The number of carbonyl (C=O) groups is 1. The lowest BCUT2D eigenvalue weighted by atomic mass is 10.0. The Morgan fingerprint density at radius 3 is 2.75 bits per heavy atom. The fourth-order valence-corrected chi connectivity index (χ4v) is 3.46. The van der Waals surface area contributed by atoms with E-state index in [4.69, 9.17) is 18.9 Å². The molecule has 1 heterocycles. The van der Waals surface area contributed by atoms with Crippen LogP contribution in [0.15, 0.2) is 42.5 Å². The molecule has 28 heavy (non-hydrogen) atoms. The topological polar surface area (TPSA) is 57.2 Å². The first-order valence-electron chi connectivity index (χ1n) is 9.40. The average Bonchev–Trinajstić information content (AvgIpc) is 2.73. The first-order valence-corrected chi connectivity index (χ1v) is 9.40. The van der Waals surface area contributed by atoms with Crippen molar-refractivity contribution in [2.45, 2.75) is 25.6 Å². The van der Waals surface area contributed by atoms with E-state index >= 15 is 0 Å². The van der Waals surface area contributed by atoms with Crippen LogP contribution in [0, 0.1) is 0 Å². The monoisotopic (exact) mass is 385 g/mol. The molecule has 2 atom stereocenters. The van der Waals surface area contributed by atoms with Crippen molar-refractivity contribution in [3.05, 3.63) is 53.6 Å². The third kappa shape index (κ3) is 4.22. The zero-order valence-corrected chi connectivity index (χ0v) is 16.8. The van der Waals surface area contributed by atoms with Gasteiger partial charge in [0.2, 0.25) is 0 Å². The Morgan fingerprint density at radius 2 is 2.04 bits per heavy atom. The number of hydrogen-bond acceptors (Lipinski definition) is 6. The van der Waals surface area contributed by atoms with Crippen LogP contribution in [-0.4, -0.2) is 46.5 Å². The number of ether oxygens (including phenoxy) is 4. The van der Waals surface area contributed by atoms with Crippen molar-refractivity contribution in [1.82, 2.24) is 0 Å². The third-order valence-corrected chi connectivity index (χ3v) is 4.91. The van der Waals surface area contributed by atoms with E-state index in [0.29, 0.717) is 18.8 Å².